The van der Waals surface area contributed by atoms with E-state index >= 15 is 0 Å². The Balaban J connectivity index is 2.11. The summed E-state index contributed by atoms with van der Waals surface area (Å²) >= 11 is 1.27. The highest BCUT2D eigenvalue weighted by atomic mass is 32.1. The Morgan fingerprint density at radius 3 is 2.38 bits per heavy atom. The zero-order chi connectivity index (χ0) is 17.9. The van der Waals surface area contributed by atoms with Crippen molar-refractivity contribution < 1.29 is 23.5 Å². The standard InChI is InChI=1S/C17H16FNO4S/c1-9-10(2)24-16(19-11(3)20)15(9)17(22)23-8-14(21)12-4-6-13(18)7-5-12/h4-7H,8H2,1-3H3,(H,19,20). The molecular weight excluding hydrogens is 333 g/mol. The van der Waals surface area contributed by atoms with Gasteiger partial charge in [-0.25, -0.2) is 9.18 Å². The van der Waals surface area contributed by atoms with Crippen molar-refractivity contribution in [1.82, 2.24) is 0 Å². The summed E-state index contributed by atoms with van der Waals surface area (Å²) in [6.45, 7) is 4.46. The van der Waals surface area contributed by atoms with Crippen molar-refractivity contribution in [2.24, 2.45) is 0 Å². The van der Waals surface area contributed by atoms with Crippen molar-refractivity contribution in [3.63, 3.8) is 0 Å². The number of carbonyl (C=O) groups is 3. The molecule has 1 aromatic carbocycles. The van der Waals surface area contributed by atoms with Gasteiger partial charge in [-0.1, -0.05) is 0 Å². The molecular formula is C17H16FNO4S. The first-order valence-electron chi connectivity index (χ1n) is 7.13. The van der Waals surface area contributed by atoms with Crippen LogP contribution in [0.15, 0.2) is 24.3 Å². The molecule has 24 heavy (non-hydrogen) atoms. The van der Waals surface area contributed by atoms with Gasteiger partial charge >= 0.3 is 5.97 Å². The minimum absolute atomic E-state index is 0.250. The largest absolute Gasteiger partial charge is 0.454 e. The Morgan fingerprint density at radius 1 is 1.17 bits per heavy atom. The number of amides is 1. The monoisotopic (exact) mass is 349 g/mol. The maximum absolute atomic E-state index is 12.9. The van der Waals surface area contributed by atoms with E-state index in [-0.39, 0.29) is 17.0 Å². The number of benzene rings is 1. The molecule has 0 aliphatic heterocycles. The van der Waals surface area contributed by atoms with Crippen LogP contribution in [-0.4, -0.2) is 24.3 Å². The molecule has 1 N–H and O–H groups in total. The predicted molar refractivity (Wildman–Crippen MR) is 89.1 cm³/mol. The Hall–Kier alpha value is -2.54. The molecule has 0 unspecified atom stereocenters. The summed E-state index contributed by atoms with van der Waals surface area (Å²) in [7, 11) is 0. The van der Waals surface area contributed by atoms with Gasteiger partial charge in [-0.3, -0.25) is 9.59 Å². The Bertz CT molecular complexity index is 796. The molecule has 0 fully saturated rings. The molecule has 1 aromatic heterocycles. The van der Waals surface area contributed by atoms with Crippen LogP contribution in [0.5, 0.6) is 0 Å². The highest BCUT2D eigenvalue weighted by Crippen LogP contribution is 2.33. The molecule has 0 saturated heterocycles. The van der Waals surface area contributed by atoms with E-state index in [1.54, 1.807) is 6.92 Å². The number of carbonyl (C=O) groups excluding carboxylic acids is 3. The molecule has 7 heteroatoms. The number of aryl methyl sites for hydroxylation is 1. The summed E-state index contributed by atoms with van der Waals surface area (Å²) in [5.74, 6) is -1.87. The van der Waals surface area contributed by atoms with Crippen LogP contribution in [-0.2, 0) is 9.53 Å². The van der Waals surface area contributed by atoms with E-state index in [0.29, 0.717) is 10.6 Å². The second-order valence-corrected chi connectivity index (χ2v) is 6.40. The maximum Gasteiger partial charge on any atom is 0.341 e. The van der Waals surface area contributed by atoms with Crippen molar-refractivity contribution in [3.8, 4) is 0 Å². The van der Waals surface area contributed by atoms with E-state index < -0.39 is 24.2 Å². The van der Waals surface area contributed by atoms with Gasteiger partial charge in [-0.2, -0.15) is 0 Å². The van der Waals surface area contributed by atoms with Crippen LogP contribution in [0, 0.1) is 19.7 Å². The number of hydrogen-bond acceptors (Lipinski definition) is 5. The summed E-state index contributed by atoms with van der Waals surface area (Å²) in [6, 6.07) is 4.98. The van der Waals surface area contributed by atoms with Crippen LogP contribution in [0.25, 0.3) is 0 Å². The van der Waals surface area contributed by atoms with Crippen molar-refractivity contribution in [3.05, 3.63) is 51.7 Å². The lowest BCUT2D eigenvalue weighted by Gasteiger charge is -2.07. The molecule has 0 radical (unpaired) electrons. The minimum atomic E-state index is -0.684. The molecule has 126 valence electrons. The minimum Gasteiger partial charge on any atom is -0.454 e. The van der Waals surface area contributed by atoms with Gasteiger partial charge in [0.15, 0.2) is 12.4 Å². The SMILES string of the molecule is CC(=O)Nc1sc(C)c(C)c1C(=O)OCC(=O)c1ccc(F)cc1. The van der Waals surface area contributed by atoms with Gasteiger partial charge in [0.1, 0.15) is 10.8 Å². The van der Waals surface area contributed by atoms with Crippen molar-refractivity contribution in [2.75, 3.05) is 11.9 Å². The van der Waals surface area contributed by atoms with Gasteiger partial charge < -0.3 is 10.1 Å². The number of thiophene rings is 1. The van der Waals surface area contributed by atoms with Crippen molar-refractivity contribution >= 4 is 34.0 Å². The highest BCUT2D eigenvalue weighted by molar-refractivity contribution is 7.16. The molecule has 5 nitrogen and oxygen atoms in total. The second-order valence-electron chi connectivity index (χ2n) is 5.17. The molecule has 0 aliphatic rings. The lowest BCUT2D eigenvalue weighted by molar-refractivity contribution is -0.114. The maximum atomic E-state index is 12.9. The number of rotatable bonds is 5. The highest BCUT2D eigenvalue weighted by Gasteiger charge is 2.22. The molecule has 0 aliphatic carbocycles. The van der Waals surface area contributed by atoms with E-state index in [0.717, 1.165) is 17.0 Å². The molecule has 1 amide bonds. The molecule has 0 bridgehead atoms. The number of halogens is 1. The quantitative estimate of drug-likeness (QED) is 0.662. The molecule has 1 heterocycles. The van der Waals surface area contributed by atoms with Gasteiger partial charge in [0.05, 0.1) is 5.56 Å². The van der Waals surface area contributed by atoms with E-state index in [9.17, 15) is 18.8 Å². The fourth-order valence-electron chi connectivity index (χ4n) is 2.04. The average Bonchev–Trinajstić information content (AvgIpc) is 2.79. The van der Waals surface area contributed by atoms with Crippen LogP contribution >= 0.6 is 11.3 Å². The number of esters is 1. The molecule has 0 saturated carbocycles. The lowest BCUT2D eigenvalue weighted by Crippen LogP contribution is -2.16. The topological polar surface area (TPSA) is 72.5 Å². The van der Waals surface area contributed by atoms with Gasteiger partial charge in [0.2, 0.25) is 5.91 Å². The fraction of sp³-hybridized carbons (Fsp3) is 0.235. The number of nitrogens with one attached hydrogen (secondary N) is 1. The van der Waals surface area contributed by atoms with Gasteiger partial charge in [-0.15, -0.1) is 11.3 Å². The van der Waals surface area contributed by atoms with Crippen LogP contribution in [0.2, 0.25) is 0 Å². The zero-order valence-corrected chi connectivity index (χ0v) is 14.3. The zero-order valence-electron chi connectivity index (χ0n) is 13.4. The van der Waals surface area contributed by atoms with Gasteiger partial charge in [0.25, 0.3) is 0 Å². The Labute approximate surface area is 142 Å². The van der Waals surface area contributed by atoms with Crippen LogP contribution in [0.1, 0.15) is 38.1 Å². The molecule has 2 aromatic rings. The van der Waals surface area contributed by atoms with E-state index in [1.807, 2.05) is 6.92 Å². The summed E-state index contributed by atoms with van der Waals surface area (Å²) in [5, 5.41) is 2.99. The Morgan fingerprint density at radius 2 is 1.79 bits per heavy atom. The molecule has 2 rings (SSSR count). The third-order valence-corrected chi connectivity index (χ3v) is 4.50. The summed E-state index contributed by atoms with van der Waals surface area (Å²) in [5.41, 5.74) is 1.20. The average molecular weight is 349 g/mol. The number of ether oxygens (including phenoxy) is 1. The summed E-state index contributed by atoms with van der Waals surface area (Å²) in [6.07, 6.45) is 0. The fourth-order valence-corrected chi connectivity index (χ4v) is 3.14. The lowest BCUT2D eigenvalue weighted by atomic mass is 10.1. The van der Waals surface area contributed by atoms with E-state index in [2.05, 4.69) is 5.32 Å². The van der Waals surface area contributed by atoms with Gasteiger partial charge in [0, 0.05) is 17.4 Å². The number of ketones is 1. The summed E-state index contributed by atoms with van der Waals surface area (Å²) in [4.78, 5) is 36.4. The predicted octanol–water partition coefficient (Wildman–Crippen LogP) is 3.50. The third kappa shape index (κ3) is 4.05. The second kappa shape index (κ2) is 7.35. The van der Waals surface area contributed by atoms with E-state index in [1.165, 1.54) is 30.4 Å². The third-order valence-electron chi connectivity index (χ3n) is 3.38. The number of anilines is 1. The van der Waals surface area contributed by atoms with Crippen LogP contribution in [0.4, 0.5) is 9.39 Å². The van der Waals surface area contributed by atoms with Crippen LogP contribution < -0.4 is 5.32 Å². The van der Waals surface area contributed by atoms with Crippen molar-refractivity contribution in [1.29, 1.82) is 0 Å². The first kappa shape index (κ1) is 17.8. The Kier molecular flexibility index (Phi) is 5.46. The number of Topliss-reactive ketones (excluding diaryl/α,β-unsaturated/α-hetero) is 1. The smallest absolute Gasteiger partial charge is 0.341 e. The molecule has 0 atom stereocenters. The van der Waals surface area contributed by atoms with Crippen LogP contribution in [0.3, 0.4) is 0 Å². The van der Waals surface area contributed by atoms with E-state index in [4.69, 9.17) is 4.74 Å². The first-order valence-corrected chi connectivity index (χ1v) is 7.94. The van der Waals surface area contributed by atoms with Gasteiger partial charge in [-0.05, 0) is 43.7 Å². The van der Waals surface area contributed by atoms with Crippen molar-refractivity contribution in [2.45, 2.75) is 20.8 Å². The first-order chi connectivity index (χ1) is 11.3. The number of hydrogen-bond donors (Lipinski definition) is 1. The summed E-state index contributed by atoms with van der Waals surface area (Å²) < 4.78 is 17.9. The molecule has 0 spiro atoms. The normalized spacial score (nSPS) is 10.3.